The highest BCUT2D eigenvalue weighted by Gasteiger charge is 2.33. The van der Waals surface area contributed by atoms with Gasteiger partial charge < -0.3 is 15.2 Å². The average Bonchev–Trinajstić information content (AvgIpc) is 2.32. The lowest BCUT2D eigenvalue weighted by Crippen LogP contribution is -2.20. The van der Waals surface area contributed by atoms with Gasteiger partial charge in [0.1, 0.15) is 0 Å². The lowest BCUT2D eigenvalue weighted by Gasteiger charge is -2.13. The summed E-state index contributed by atoms with van der Waals surface area (Å²) in [4.78, 5) is 15.1. The number of halogens is 4. The molecule has 1 heterocycles. The first kappa shape index (κ1) is 17.0. The SMILES string of the molecule is CCOC(=O)Cc1cc(CN)nc(OC(F)(F)F)c1I. The number of aromatic nitrogens is 1. The Labute approximate surface area is 126 Å². The first-order chi connectivity index (χ1) is 9.26. The van der Waals surface area contributed by atoms with Crippen LogP contribution in [0.1, 0.15) is 18.2 Å². The number of nitrogens with zero attached hydrogens (tertiary/aromatic N) is 1. The minimum Gasteiger partial charge on any atom is -0.466 e. The molecule has 0 aliphatic heterocycles. The van der Waals surface area contributed by atoms with Crippen molar-refractivity contribution < 1.29 is 27.4 Å². The van der Waals surface area contributed by atoms with Crippen molar-refractivity contribution in [3.63, 3.8) is 0 Å². The standard InChI is InChI=1S/C11H12F3IN2O3/c1-2-19-8(18)4-6-3-7(5-16)17-10(9(6)15)20-11(12,13)14/h3H,2,4-5,16H2,1H3. The third-order valence-electron chi connectivity index (χ3n) is 2.12. The van der Waals surface area contributed by atoms with Crippen LogP contribution < -0.4 is 10.5 Å². The third kappa shape index (κ3) is 5.12. The molecule has 0 amide bonds. The van der Waals surface area contributed by atoms with E-state index in [4.69, 9.17) is 10.5 Å². The van der Waals surface area contributed by atoms with Crippen LogP contribution in [0.3, 0.4) is 0 Å². The number of pyridine rings is 1. The molecule has 20 heavy (non-hydrogen) atoms. The summed E-state index contributed by atoms with van der Waals surface area (Å²) in [6.45, 7) is 1.76. The normalized spacial score (nSPS) is 11.3. The number of hydrogen-bond donors (Lipinski definition) is 1. The van der Waals surface area contributed by atoms with Gasteiger partial charge in [0, 0.05) is 6.54 Å². The predicted octanol–water partition coefficient (Wildman–Crippen LogP) is 2.15. The van der Waals surface area contributed by atoms with E-state index in [-0.39, 0.29) is 28.8 Å². The summed E-state index contributed by atoms with van der Waals surface area (Å²) in [5.41, 5.74) is 5.90. The molecule has 0 unspecified atom stereocenters. The second-order valence-electron chi connectivity index (χ2n) is 3.63. The van der Waals surface area contributed by atoms with Crippen molar-refractivity contribution in [3.05, 3.63) is 20.9 Å². The van der Waals surface area contributed by atoms with Crippen molar-refractivity contribution in [1.82, 2.24) is 4.98 Å². The molecule has 0 atom stereocenters. The second-order valence-corrected chi connectivity index (χ2v) is 4.70. The van der Waals surface area contributed by atoms with Crippen LogP contribution in [0.2, 0.25) is 0 Å². The fraction of sp³-hybridized carbons (Fsp3) is 0.455. The molecule has 9 heteroatoms. The minimum atomic E-state index is -4.86. The van der Waals surface area contributed by atoms with Crippen molar-refractivity contribution in [3.8, 4) is 5.88 Å². The summed E-state index contributed by atoms with van der Waals surface area (Å²) in [5, 5.41) is 0. The Morgan fingerprint density at radius 3 is 2.65 bits per heavy atom. The number of hydrogen-bond acceptors (Lipinski definition) is 5. The maximum absolute atomic E-state index is 12.3. The molecule has 0 spiro atoms. The molecule has 1 aromatic rings. The van der Waals surface area contributed by atoms with Crippen LogP contribution in [0.15, 0.2) is 6.07 Å². The maximum atomic E-state index is 12.3. The van der Waals surface area contributed by atoms with E-state index in [0.29, 0.717) is 5.56 Å². The molecule has 0 fully saturated rings. The summed E-state index contributed by atoms with van der Waals surface area (Å²) in [7, 11) is 0. The topological polar surface area (TPSA) is 74.4 Å². The zero-order valence-corrected chi connectivity index (χ0v) is 12.6. The largest absolute Gasteiger partial charge is 0.574 e. The van der Waals surface area contributed by atoms with Gasteiger partial charge in [-0.05, 0) is 41.1 Å². The van der Waals surface area contributed by atoms with E-state index in [1.165, 1.54) is 6.07 Å². The molecular formula is C11H12F3IN2O3. The smallest absolute Gasteiger partial charge is 0.466 e. The van der Waals surface area contributed by atoms with Gasteiger partial charge in [-0.1, -0.05) is 0 Å². The third-order valence-corrected chi connectivity index (χ3v) is 3.27. The summed E-state index contributed by atoms with van der Waals surface area (Å²) in [6.07, 6.45) is -5.03. The molecule has 1 aromatic heterocycles. The van der Waals surface area contributed by atoms with Gasteiger partial charge in [-0.25, -0.2) is 4.98 Å². The summed E-state index contributed by atoms with van der Waals surface area (Å²) in [5.74, 6) is -1.15. The number of esters is 1. The molecule has 1 rings (SSSR count). The van der Waals surface area contributed by atoms with Crippen LogP contribution >= 0.6 is 22.6 Å². The minimum absolute atomic E-state index is 0.0685. The van der Waals surface area contributed by atoms with Crippen molar-refractivity contribution in [1.29, 1.82) is 0 Å². The van der Waals surface area contributed by atoms with Gasteiger partial charge >= 0.3 is 12.3 Å². The lowest BCUT2D eigenvalue weighted by atomic mass is 10.1. The number of nitrogens with two attached hydrogens (primary N) is 1. The Morgan fingerprint density at radius 1 is 1.50 bits per heavy atom. The number of carbonyl (C=O) groups excluding carboxylic acids is 1. The highest BCUT2D eigenvalue weighted by molar-refractivity contribution is 14.1. The van der Waals surface area contributed by atoms with Crippen LogP contribution in [0.4, 0.5) is 13.2 Å². The number of carbonyl (C=O) groups is 1. The zero-order chi connectivity index (χ0) is 15.3. The molecule has 0 saturated carbocycles. The molecule has 0 radical (unpaired) electrons. The number of rotatable bonds is 5. The lowest BCUT2D eigenvalue weighted by molar-refractivity contribution is -0.276. The molecule has 0 aliphatic carbocycles. The van der Waals surface area contributed by atoms with Gasteiger partial charge in [0.15, 0.2) is 0 Å². The van der Waals surface area contributed by atoms with Crippen LogP contribution in [0, 0.1) is 3.57 Å². The van der Waals surface area contributed by atoms with E-state index in [1.54, 1.807) is 29.5 Å². The van der Waals surface area contributed by atoms with E-state index in [2.05, 4.69) is 9.72 Å². The summed E-state index contributed by atoms with van der Waals surface area (Å²) in [6, 6.07) is 1.46. The molecule has 112 valence electrons. The van der Waals surface area contributed by atoms with E-state index >= 15 is 0 Å². The van der Waals surface area contributed by atoms with E-state index in [9.17, 15) is 18.0 Å². The average molecular weight is 404 g/mol. The van der Waals surface area contributed by atoms with Crippen LogP contribution in [-0.2, 0) is 22.5 Å². The second kappa shape index (κ2) is 7.07. The molecule has 0 aliphatic rings. The maximum Gasteiger partial charge on any atom is 0.574 e. The van der Waals surface area contributed by atoms with Crippen molar-refractivity contribution in [2.45, 2.75) is 26.3 Å². The van der Waals surface area contributed by atoms with Gasteiger partial charge in [-0.2, -0.15) is 0 Å². The monoisotopic (exact) mass is 404 g/mol. The molecule has 5 nitrogen and oxygen atoms in total. The first-order valence-corrected chi connectivity index (χ1v) is 6.64. The van der Waals surface area contributed by atoms with E-state index in [0.717, 1.165) is 0 Å². The Balaban J connectivity index is 3.10. The van der Waals surface area contributed by atoms with Crippen molar-refractivity contribution in [2.75, 3.05) is 6.61 Å². The van der Waals surface area contributed by atoms with E-state index in [1.807, 2.05) is 0 Å². The molecule has 0 saturated heterocycles. The Bertz CT molecular complexity index is 495. The summed E-state index contributed by atoms with van der Waals surface area (Å²) < 4.78 is 45.5. The van der Waals surface area contributed by atoms with Crippen molar-refractivity contribution in [2.24, 2.45) is 5.73 Å². The fourth-order valence-corrected chi connectivity index (χ4v) is 1.97. The van der Waals surface area contributed by atoms with Crippen LogP contribution in [0.5, 0.6) is 5.88 Å². The molecule has 0 aromatic carbocycles. The first-order valence-electron chi connectivity index (χ1n) is 5.56. The number of ether oxygens (including phenoxy) is 2. The van der Waals surface area contributed by atoms with Crippen molar-refractivity contribution >= 4 is 28.6 Å². The highest BCUT2D eigenvalue weighted by Crippen LogP contribution is 2.29. The van der Waals surface area contributed by atoms with Crippen LogP contribution in [0.25, 0.3) is 0 Å². The van der Waals surface area contributed by atoms with Crippen LogP contribution in [-0.4, -0.2) is 23.9 Å². The van der Waals surface area contributed by atoms with Gasteiger partial charge in [-0.15, -0.1) is 13.2 Å². The fourth-order valence-electron chi connectivity index (χ4n) is 1.39. The Hall–Kier alpha value is -1.10. The zero-order valence-electron chi connectivity index (χ0n) is 10.5. The Morgan fingerprint density at radius 2 is 2.15 bits per heavy atom. The quantitative estimate of drug-likeness (QED) is 0.602. The molecular weight excluding hydrogens is 392 g/mol. The van der Waals surface area contributed by atoms with Gasteiger partial charge in [0.05, 0.1) is 22.3 Å². The number of alkyl halides is 3. The van der Waals surface area contributed by atoms with E-state index < -0.39 is 18.2 Å². The van der Waals surface area contributed by atoms with Gasteiger partial charge in [0.25, 0.3) is 0 Å². The Kier molecular flexibility index (Phi) is 5.99. The van der Waals surface area contributed by atoms with Gasteiger partial charge in [-0.3, -0.25) is 4.79 Å². The predicted molar refractivity (Wildman–Crippen MR) is 71.9 cm³/mol. The summed E-state index contributed by atoms with van der Waals surface area (Å²) >= 11 is 1.64. The highest BCUT2D eigenvalue weighted by atomic mass is 127. The molecule has 0 bridgehead atoms. The van der Waals surface area contributed by atoms with Gasteiger partial charge in [0.2, 0.25) is 5.88 Å². The molecule has 2 N–H and O–H groups in total.